The van der Waals surface area contributed by atoms with E-state index >= 15 is 0 Å². The summed E-state index contributed by atoms with van der Waals surface area (Å²) in [5.74, 6) is 0.777. The predicted molar refractivity (Wildman–Crippen MR) is 127 cm³/mol. The molecule has 1 heterocycles. The number of hydrogen-bond donors (Lipinski definition) is 2. The second-order valence-electron chi connectivity index (χ2n) is 6.51. The van der Waals surface area contributed by atoms with Crippen molar-refractivity contribution in [2.24, 2.45) is 4.99 Å². The molecule has 0 fully saturated rings. The van der Waals surface area contributed by atoms with Crippen LogP contribution in [0.1, 0.15) is 16.7 Å². The Hall–Kier alpha value is -2.28. The molecule has 0 saturated carbocycles. The van der Waals surface area contributed by atoms with Crippen molar-refractivity contribution in [1.82, 2.24) is 15.6 Å². The number of guanidine groups is 1. The monoisotopic (exact) mass is 568 g/mol. The quantitative estimate of drug-likeness (QED) is 0.197. The van der Waals surface area contributed by atoms with E-state index in [0.29, 0.717) is 25.7 Å². The van der Waals surface area contributed by atoms with Gasteiger partial charge in [-0.25, -0.2) is 4.98 Å². The third-order valence-electron chi connectivity index (χ3n) is 4.15. The average Bonchev–Trinajstić information content (AvgIpc) is 2.74. The fraction of sp³-hybridized carbons (Fsp3) is 0.429. The maximum Gasteiger partial charge on any atom is 0.421 e. The Bertz CT molecular complexity index is 866. The molecule has 178 valence electrons. The Morgan fingerprint density at radius 3 is 2.56 bits per heavy atom. The number of nitrogens with zero attached hydrogens (tertiary/aromatic N) is 2. The Morgan fingerprint density at radius 2 is 1.88 bits per heavy atom. The number of aryl methyl sites for hydroxylation is 1. The van der Waals surface area contributed by atoms with E-state index in [1.165, 1.54) is 12.3 Å². The van der Waals surface area contributed by atoms with E-state index in [-0.39, 0.29) is 37.1 Å². The highest BCUT2D eigenvalue weighted by molar-refractivity contribution is 14.0. The third-order valence-corrected chi connectivity index (χ3v) is 4.15. The third kappa shape index (κ3) is 9.07. The molecular formula is C21H28F3IN4O3. The molecule has 2 rings (SSSR count). The van der Waals surface area contributed by atoms with E-state index in [2.05, 4.69) is 20.6 Å². The van der Waals surface area contributed by atoms with Crippen molar-refractivity contribution in [3.8, 4) is 11.6 Å². The summed E-state index contributed by atoms with van der Waals surface area (Å²) in [5, 5.41) is 6.14. The summed E-state index contributed by atoms with van der Waals surface area (Å²) in [7, 11) is 3.21. The number of hydrogen-bond acceptors (Lipinski definition) is 5. The van der Waals surface area contributed by atoms with Gasteiger partial charge in [0.05, 0.1) is 13.2 Å². The summed E-state index contributed by atoms with van der Waals surface area (Å²) >= 11 is 0. The van der Waals surface area contributed by atoms with Crippen LogP contribution in [0.15, 0.2) is 41.5 Å². The molecule has 11 heteroatoms. The van der Waals surface area contributed by atoms with Crippen molar-refractivity contribution in [3.05, 3.63) is 53.2 Å². The fourth-order valence-electron chi connectivity index (χ4n) is 2.62. The van der Waals surface area contributed by atoms with Crippen LogP contribution in [-0.2, 0) is 17.5 Å². The molecular weight excluding hydrogens is 540 g/mol. The minimum absolute atomic E-state index is 0. The average molecular weight is 568 g/mol. The van der Waals surface area contributed by atoms with Gasteiger partial charge >= 0.3 is 6.18 Å². The molecule has 0 radical (unpaired) electrons. The molecule has 1 aromatic carbocycles. The van der Waals surface area contributed by atoms with Crippen LogP contribution in [0.2, 0.25) is 0 Å². The minimum atomic E-state index is -4.52. The highest BCUT2D eigenvalue weighted by atomic mass is 127. The number of nitrogens with one attached hydrogen (secondary N) is 2. The molecule has 0 bridgehead atoms. The summed E-state index contributed by atoms with van der Waals surface area (Å²) in [5.41, 5.74) is 1.10. The SMILES string of the molecule is CN=C(NCCOc1ncccc1C(F)(F)F)NCc1ccc(C)cc1OCCOC.I. The van der Waals surface area contributed by atoms with Crippen molar-refractivity contribution in [3.63, 3.8) is 0 Å². The zero-order valence-corrected chi connectivity index (χ0v) is 20.5. The van der Waals surface area contributed by atoms with Crippen LogP contribution >= 0.6 is 24.0 Å². The molecule has 0 amide bonds. The van der Waals surface area contributed by atoms with Gasteiger partial charge in [0.15, 0.2) is 5.96 Å². The van der Waals surface area contributed by atoms with Gasteiger partial charge in [-0.1, -0.05) is 12.1 Å². The molecule has 0 atom stereocenters. The van der Waals surface area contributed by atoms with Gasteiger partial charge in [0.2, 0.25) is 5.88 Å². The van der Waals surface area contributed by atoms with Gasteiger partial charge in [0, 0.05) is 32.5 Å². The Labute approximate surface area is 202 Å². The molecule has 0 unspecified atom stereocenters. The molecule has 0 aliphatic heterocycles. The number of halogens is 4. The lowest BCUT2D eigenvalue weighted by Gasteiger charge is -2.16. The smallest absolute Gasteiger partial charge is 0.421 e. The Balaban J connectivity index is 0.00000512. The lowest BCUT2D eigenvalue weighted by Crippen LogP contribution is -2.39. The Kier molecular flexibility index (Phi) is 12.1. The second kappa shape index (κ2) is 14.0. The maximum absolute atomic E-state index is 13.0. The van der Waals surface area contributed by atoms with Crippen LogP contribution in [0, 0.1) is 6.92 Å². The van der Waals surface area contributed by atoms with Gasteiger partial charge in [-0.15, -0.1) is 24.0 Å². The van der Waals surface area contributed by atoms with Crippen LogP contribution in [-0.4, -0.2) is 51.5 Å². The van der Waals surface area contributed by atoms with Crippen molar-refractivity contribution in [1.29, 1.82) is 0 Å². The summed E-state index contributed by atoms with van der Waals surface area (Å²) in [6, 6.07) is 8.04. The number of ether oxygens (including phenoxy) is 3. The van der Waals surface area contributed by atoms with Crippen molar-refractivity contribution >= 4 is 29.9 Å². The number of pyridine rings is 1. The Morgan fingerprint density at radius 1 is 1.09 bits per heavy atom. The molecule has 0 aliphatic rings. The van der Waals surface area contributed by atoms with Gasteiger partial charge in [-0.3, -0.25) is 4.99 Å². The number of aromatic nitrogens is 1. The van der Waals surface area contributed by atoms with Crippen molar-refractivity contribution in [2.75, 3.05) is 40.5 Å². The van der Waals surface area contributed by atoms with Crippen molar-refractivity contribution in [2.45, 2.75) is 19.6 Å². The predicted octanol–water partition coefficient (Wildman–Crippen LogP) is 3.80. The van der Waals surface area contributed by atoms with Crippen LogP contribution < -0.4 is 20.1 Å². The van der Waals surface area contributed by atoms with Crippen LogP contribution in [0.3, 0.4) is 0 Å². The van der Waals surface area contributed by atoms with Crippen LogP contribution in [0.25, 0.3) is 0 Å². The first-order valence-corrected chi connectivity index (χ1v) is 9.66. The van der Waals surface area contributed by atoms with Crippen LogP contribution in [0.5, 0.6) is 11.6 Å². The number of methoxy groups -OCH3 is 1. The molecule has 0 saturated heterocycles. The van der Waals surface area contributed by atoms with Gasteiger partial charge in [-0.05, 0) is 30.7 Å². The lowest BCUT2D eigenvalue weighted by molar-refractivity contribution is -0.139. The topological polar surface area (TPSA) is 77.0 Å². The van der Waals surface area contributed by atoms with Gasteiger partial charge in [-0.2, -0.15) is 13.2 Å². The number of benzene rings is 1. The highest BCUT2D eigenvalue weighted by Crippen LogP contribution is 2.34. The first-order valence-electron chi connectivity index (χ1n) is 9.66. The van der Waals surface area contributed by atoms with E-state index in [0.717, 1.165) is 22.9 Å². The maximum atomic E-state index is 13.0. The largest absolute Gasteiger partial charge is 0.491 e. The van der Waals surface area contributed by atoms with E-state index < -0.39 is 17.6 Å². The molecule has 2 N–H and O–H groups in total. The summed E-state index contributed by atoms with van der Waals surface area (Å²) < 4.78 is 54.9. The van der Waals surface area contributed by atoms with E-state index in [1.54, 1.807) is 14.2 Å². The van der Waals surface area contributed by atoms with Crippen molar-refractivity contribution < 1.29 is 27.4 Å². The summed E-state index contributed by atoms with van der Waals surface area (Å²) in [4.78, 5) is 7.78. The minimum Gasteiger partial charge on any atom is -0.491 e. The molecule has 2 aromatic rings. The first kappa shape index (κ1) is 27.8. The van der Waals surface area contributed by atoms with Gasteiger partial charge in [0.25, 0.3) is 0 Å². The number of aliphatic imine (C=N–C) groups is 1. The van der Waals surface area contributed by atoms with E-state index in [1.807, 2.05) is 25.1 Å². The molecule has 0 aliphatic carbocycles. The zero-order chi connectivity index (χ0) is 22.7. The summed E-state index contributed by atoms with van der Waals surface area (Å²) in [6.45, 7) is 3.56. The van der Waals surface area contributed by atoms with E-state index in [4.69, 9.17) is 14.2 Å². The first-order chi connectivity index (χ1) is 14.8. The second-order valence-corrected chi connectivity index (χ2v) is 6.51. The number of rotatable bonds is 10. The molecule has 0 spiro atoms. The van der Waals surface area contributed by atoms with E-state index in [9.17, 15) is 13.2 Å². The molecule has 1 aromatic heterocycles. The summed E-state index contributed by atoms with van der Waals surface area (Å²) in [6.07, 6.45) is -3.27. The number of alkyl halides is 3. The zero-order valence-electron chi connectivity index (χ0n) is 18.2. The van der Waals surface area contributed by atoms with Gasteiger partial charge < -0.3 is 24.8 Å². The fourth-order valence-corrected chi connectivity index (χ4v) is 2.62. The van der Waals surface area contributed by atoms with Crippen LogP contribution in [0.4, 0.5) is 13.2 Å². The standard InChI is InChI=1S/C21H27F3N4O3.HI/c1-15-6-7-16(18(13-15)30-12-11-29-3)14-28-20(25-2)27-9-10-31-19-17(21(22,23)24)5-4-8-26-19;/h4-8,13H,9-12,14H2,1-3H3,(H2,25,27,28);1H. The molecule has 32 heavy (non-hydrogen) atoms. The van der Waals surface area contributed by atoms with Gasteiger partial charge in [0.1, 0.15) is 24.5 Å². The normalized spacial score (nSPS) is 11.5. The molecule has 7 nitrogen and oxygen atoms in total. The highest BCUT2D eigenvalue weighted by Gasteiger charge is 2.34. The lowest BCUT2D eigenvalue weighted by atomic mass is 10.1.